The predicted molar refractivity (Wildman–Crippen MR) is 63.7 cm³/mol. The van der Waals surface area contributed by atoms with E-state index in [1.54, 1.807) is 0 Å². The highest BCUT2D eigenvalue weighted by Crippen LogP contribution is 2.20. The summed E-state index contributed by atoms with van der Waals surface area (Å²) in [6.45, 7) is 9.24. The van der Waals surface area contributed by atoms with Gasteiger partial charge in [-0.3, -0.25) is 0 Å². The van der Waals surface area contributed by atoms with Gasteiger partial charge in [0.1, 0.15) is 0 Å². The van der Waals surface area contributed by atoms with Gasteiger partial charge in [-0.1, -0.05) is 6.92 Å². The lowest BCUT2D eigenvalue weighted by molar-refractivity contribution is 0.524. The van der Waals surface area contributed by atoms with Gasteiger partial charge in [-0.15, -0.1) is 11.3 Å². The molecule has 0 aliphatic carbocycles. The second kappa shape index (κ2) is 5.49. The first kappa shape index (κ1) is 11.7. The highest BCUT2D eigenvalue weighted by Gasteiger charge is 2.02. The summed E-state index contributed by atoms with van der Waals surface area (Å²) in [5, 5.41) is 3.42. The summed E-state index contributed by atoms with van der Waals surface area (Å²) in [4.78, 5) is 2.85. The van der Waals surface area contributed by atoms with E-state index in [1.165, 1.54) is 15.3 Å². The summed E-state index contributed by atoms with van der Waals surface area (Å²) < 4.78 is 0. The molecule has 0 spiro atoms. The maximum atomic E-state index is 5.54. The normalized spacial score (nSPS) is 13.1. The van der Waals surface area contributed by atoms with E-state index in [4.69, 9.17) is 5.73 Å². The molecule has 1 heterocycles. The molecular weight excluding hydrogens is 192 g/mol. The maximum Gasteiger partial charge on any atom is 0.0300 e. The molecule has 0 aliphatic heterocycles. The van der Waals surface area contributed by atoms with Gasteiger partial charge in [0.05, 0.1) is 0 Å². The largest absolute Gasteiger partial charge is 0.330 e. The van der Waals surface area contributed by atoms with Gasteiger partial charge in [0, 0.05) is 16.3 Å². The van der Waals surface area contributed by atoms with Crippen molar-refractivity contribution in [3.63, 3.8) is 0 Å². The minimum absolute atomic E-state index is 0.567. The van der Waals surface area contributed by atoms with Crippen molar-refractivity contribution in [3.05, 3.63) is 21.4 Å². The van der Waals surface area contributed by atoms with Gasteiger partial charge in [-0.25, -0.2) is 0 Å². The standard InChI is InChI=1S/C11H20N2S/c1-8(5-12)6-13-7-11-4-9(2)10(3)14-11/h4,8,13H,5-7,12H2,1-3H3. The van der Waals surface area contributed by atoms with Crippen LogP contribution >= 0.6 is 11.3 Å². The summed E-state index contributed by atoms with van der Waals surface area (Å²) in [6.07, 6.45) is 0. The molecule has 14 heavy (non-hydrogen) atoms. The Morgan fingerprint density at radius 2 is 2.21 bits per heavy atom. The van der Waals surface area contributed by atoms with E-state index in [0.29, 0.717) is 5.92 Å². The molecule has 3 heteroatoms. The Balaban J connectivity index is 2.31. The number of nitrogens with one attached hydrogen (secondary N) is 1. The number of rotatable bonds is 5. The maximum absolute atomic E-state index is 5.54. The van der Waals surface area contributed by atoms with Crippen LogP contribution in [-0.2, 0) is 6.54 Å². The molecule has 0 aliphatic rings. The Morgan fingerprint density at radius 3 is 2.71 bits per heavy atom. The smallest absolute Gasteiger partial charge is 0.0300 e. The van der Waals surface area contributed by atoms with E-state index in [2.05, 4.69) is 32.2 Å². The fraction of sp³-hybridized carbons (Fsp3) is 0.636. The summed E-state index contributed by atoms with van der Waals surface area (Å²) in [6, 6.07) is 2.26. The van der Waals surface area contributed by atoms with Crippen LogP contribution in [0.4, 0.5) is 0 Å². The van der Waals surface area contributed by atoms with Crippen molar-refractivity contribution in [2.45, 2.75) is 27.3 Å². The highest BCUT2D eigenvalue weighted by molar-refractivity contribution is 7.12. The van der Waals surface area contributed by atoms with E-state index in [0.717, 1.165) is 19.6 Å². The summed E-state index contributed by atoms with van der Waals surface area (Å²) in [5.41, 5.74) is 6.94. The van der Waals surface area contributed by atoms with E-state index >= 15 is 0 Å². The fourth-order valence-electron chi connectivity index (χ4n) is 1.26. The molecule has 0 radical (unpaired) electrons. The first-order chi connectivity index (χ1) is 6.63. The zero-order valence-electron chi connectivity index (χ0n) is 9.26. The van der Waals surface area contributed by atoms with Crippen molar-refractivity contribution < 1.29 is 0 Å². The van der Waals surface area contributed by atoms with Crippen molar-refractivity contribution in [3.8, 4) is 0 Å². The zero-order valence-corrected chi connectivity index (χ0v) is 10.1. The van der Waals surface area contributed by atoms with Gasteiger partial charge in [0.25, 0.3) is 0 Å². The second-order valence-electron chi connectivity index (χ2n) is 3.92. The molecule has 0 saturated carbocycles. The first-order valence-electron chi connectivity index (χ1n) is 5.10. The third-order valence-electron chi connectivity index (χ3n) is 2.41. The number of hydrogen-bond donors (Lipinski definition) is 2. The van der Waals surface area contributed by atoms with Crippen LogP contribution in [0.25, 0.3) is 0 Å². The van der Waals surface area contributed by atoms with Crippen LogP contribution in [0.1, 0.15) is 22.2 Å². The number of aryl methyl sites for hydroxylation is 2. The van der Waals surface area contributed by atoms with Crippen LogP contribution < -0.4 is 11.1 Å². The lowest BCUT2D eigenvalue weighted by Crippen LogP contribution is -2.25. The topological polar surface area (TPSA) is 38.0 Å². The molecule has 1 atom stereocenters. The Bertz CT molecular complexity index is 261. The second-order valence-corrected chi connectivity index (χ2v) is 5.26. The van der Waals surface area contributed by atoms with Gasteiger partial charge in [-0.2, -0.15) is 0 Å². The summed E-state index contributed by atoms with van der Waals surface area (Å²) in [7, 11) is 0. The summed E-state index contributed by atoms with van der Waals surface area (Å²) >= 11 is 1.88. The van der Waals surface area contributed by atoms with Crippen LogP contribution in [-0.4, -0.2) is 13.1 Å². The average molecular weight is 212 g/mol. The van der Waals surface area contributed by atoms with E-state index in [1.807, 2.05) is 11.3 Å². The molecule has 1 aromatic heterocycles. The minimum Gasteiger partial charge on any atom is -0.330 e. The molecule has 1 rings (SSSR count). The Morgan fingerprint density at radius 1 is 1.50 bits per heavy atom. The van der Waals surface area contributed by atoms with Gasteiger partial charge in [0.2, 0.25) is 0 Å². The van der Waals surface area contributed by atoms with Crippen molar-refractivity contribution in [1.82, 2.24) is 5.32 Å². The molecule has 2 nitrogen and oxygen atoms in total. The molecule has 1 unspecified atom stereocenters. The molecule has 1 aromatic rings. The van der Waals surface area contributed by atoms with Crippen molar-refractivity contribution in [1.29, 1.82) is 0 Å². The van der Waals surface area contributed by atoms with Gasteiger partial charge >= 0.3 is 0 Å². The van der Waals surface area contributed by atoms with Gasteiger partial charge < -0.3 is 11.1 Å². The molecule has 80 valence electrons. The number of thiophene rings is 1. The quantitative estimate of drug-likeness (QED) is 0.784. The van der Waals surface area contributed by atoms with Crippen LogP contribution in [0.3, 0.4) is 0 Å². The van der Waals surface area contributed by atoms with Gasteiger partial charge in [0.15, 0.2) is 0 Å². The van der Waals surface area contributed by atoms with Crippen LogP contribution in [0.5, 0.6) is 0 Å². The third kappa shape index (κ3) is 3.40. The monoisotopic (exact) mass is 212 g/mol. The van der Waals surface area contributed by atoms with E-state index in [9.17, 15) is 0 Å². The molecule has 0 amide bonds. The predicted octanol–water partition coefficient (Wildman–Crippen LogP) is 2.05. The molecule has 0 aromatic carbocycles. The lowest BCUT2D eigenvalue weighted by atomic mass is 10.2. The zero-order chi connectivity index (χ0) is 10.6. The van der Waals surface area contributed by atoms with Crippen molar-refractivity contribution in [2.75, 3.05) is 13.1 Å². The number of nitrogens with two attached hydrogens (primary N) is 1. The lowest BCUT2D eigenvalue weighted by Gasteiger charge is -2.08. The highest BCUT2D eigenvalue weighted by atomic mass is 32.1. The molecule has 0 saturated heterocycles. The van der Waals surface area contributed by atoms with E-state index in [-0.39, 0.29) is 0 Å². The van der Waals surface area contributed by atoms with Crippen molar-refractivity contribution in [2.24, 2.45) is 11.7 Å². The van der Waals surface area contributed by atoms with Crippen LogP contribution in [0, 0.1) is 19.8 Å². The average Bonchev–Trinajstić information content (AvgIpc) is 2.46. The molecular formula is C11H20N2S. The fourth-order valence-corrected chi connectivity index (χ4v) is 2.29. The Kier molecular flexibility index (Phi) is 4.58. The number of hydrogen-bond acceptors (Lipinski definition) is 3. The third-order valence-corrected chi connectivity index (χ3v) is 3.56. The van der Waals surface area contributed by atoms with Crippen LogP contribution in [0.15, 0.2) is 6.07 Å². The minimum atomic E-state index is 0.567. The molecule has 0 fully saturated rings. The summed E-state index contributed by atoms with van der Waals surface area (Å²) in [5.74, 6) is 0.567. The SMILES string of the molecule is Cc1cc(CNCC(C)CN)sc1C. The van der Waals surface area contributed by atoms with Crippen LogP contribution in [0.2, 0.25) is 0 Å². The first-order valence-corrected chi connectivity index (χ1v) is 5.91. The van der Waals surface area contributed by atoms with Crippen molar-refractivity contribution >= 4 is 11.3 Å². The van der Waals surface area contributed by atoms with Gasteiger partial charge in [-0.05, 0) is 44.5 Å². The van der Waals surface area contributed by atoms with E-state index < -0.39 is 0 Å². The molecule has 3 N–H and O–H groups in total. The Labute approximate surface area is 90.5 Å². The Hall–Kier alpha value is -0.380. The molecule has 0 bridgehead atoms.